The molecule has 2 N–H and O–H groups in total. The molecule has 0 aromatic carbocycles. The fourth-order valence-electron chi connectivity index (χ4n) is 1.64. The summed E-state index contributed by atoms with van der Waals surface area (Å²) in [4.78, 5) is 16.1. The Morgan fingerprint density at radius 2 is 2.19 bits per heavy atom. The molecule has 0 bridgehead atoms. The number of aromatic nitrogens is 4. The van der Waals surface area contributed by atoms with Crippen molar-refractivity contribution in [2.24, 2.45) is 0 Å². The second-order valence-corrected chi connectivity index (χ2v) is 3.84. The zero-order valence-electron chi connectivity index (χ0n) is 9.07. The van der Waals surface area contributed by atoms with Gasteiger partial charge in [-0.15, -0.1) is 0 Å². The fourth-order valence-corrected chi connectivity index (χ4v) is 1.78. The van der Waals surface area contributed by atoms with Gasteiger partial charge in [0.2, 0.25) is 4.77 Å². The molecule has 0 saturated heterocycles. The summed E-state index contributed by atoms with van der Waals surface area (Å²) in [7, 11) is 0. The van der Waals surface area contributed by atoms with E-state index in [4.69, 9.17) is 12.2 Å². The number of pyridine rings is 1. The van der Waals surface area contributed by atoms with Crippen LogP contribution in [0, 0.1) is 11.7 Å². The lowest BCUT2D eigenvalue weighted by Crippen LogP contribution is -2.22. The first-order chi connectivity index (χ1) is 7.63. The number of rotatable bonds is 2. The SMILES string of the molecule is CCn1c(C)ccc(-c2nc(=S)[nH][nH]2)c1=O. The van der Waals surface area contributed by atoms with Gasteiger partial charge in [-0.2, -0.15) is 4.98 Å². The molecule has 0 aliphatic heterocycles. The van der Waals surface area contributed by atoms with Crippen molar-refractivity contribution < 1.29 is 0 Å². The Kier molecular flexibility index (Phi) is 2.74. The molecule has 0 fully saturated rings. The summed E-state index contributed by atoms with van der Waals surface area (Å²) < 4.78 is 2.04. The molecule has 0 unspecified atom stereocenters. The molecule has 2 heterocycles. The van der Waals surface area contributed by atoms with Crippen LogP contribution in [0.4, 0.5) is 0 Å². The molecule has 5 nitrogen and oxygen atoms in total. The molecule has 2 aromatic rings. The first kappa shape index (κ1) is 10.8. The largest absolute Gasteiger partial charge is 0.313 e. The van der Waals surface area contributed by atoms with Gasteiger partial charge in [0.1, 0.15) is 0 Å². The molecule has 0 amide bonds. The minimum absolute atomic E-state index is 0.0553. The maximum absolute atomic E-state index is 12.1. The van der Waals surface area contributed by atoms with Crippen LogP contribution in [0.15, 0.2) is 16.9 Å². The lowest BCUT2D eigenvalue weighted by molar-refractivity contribution is 0.701. The lowest BCUT2D eigenvalue weighted by atomic mass is 10.2. The Bertz CT molecular complexity index is 622. The van der Waals surface area contributed by atoms with Gasteiger partial charge in [-0.25, -0.2) is 0 Å². The normalized spacial score (nSPS) is 10.6. The van der Waals surface area contributed by atoms with Crippen LogP contribution in [0.5, 0.6) is 0 Å². The molecule has 0 radical (unpaired) electrons. The topological polar surface area (TPSA) is 66.5 Å². The van der Waals surface area contributed by atoms with Crippen molar-refractivity contribution in [3.63, 3.8) is 0 Å². The summed E-state index contributed by atoms with van der Waals surface area (Å²) in [6.07, 6.45) is 0. The number of nitrogens with one attached hydrogen (secondary N) is 2. The summed E-state index contributed by atoms with van der Waals surface area (Å²) in [6.45, 7) is 4.48. The average Bonchev–Trinajstić information content (AvgIpc) is 2.65. The van der Waals surface area contributed by atoms with Gasteiger partial charge in [0, 0.05) is 12.2 Å². The second-order valence-electron chi connectivity index (χ2n) is 3.45. The van der Waals surface area contributed by atoms with Crippen LogP contribution in [0.2, 0.25) is 0 Å². The van der Waals surface area contributed by atoms with Crippen LogP contribution in [-0.4, -0.2) is 19.7 Å². The van der Waals surface area contributed by atoms with Gasteiger partial charge >= 0.3 is 0 Å². The van der Waals surface area contributed by atoms with E-state index in [1.807, 2.05) is 19.9 Å². The molecule has 84 valence electrons. The third kappa shape index (κ3) is 1.71. The predicted molar refractivity (Wildman–Crippen MR) is 63.9 cm³/mol. The number of nitrogens with zero attached hydrogens (tertiary/aromatic N) is 2. The Hall–Kier alpha value is -1.69. The number of H-pyrrole nitrogens is 2. The third-order valence-electron chi connectivity index (χ3n) is 2.47. The van der Waals surface area contributed by atoms with Crippen molar-refractivity contribution in [3.8, 4) is 11.4 Å². The van der Waals surface area contributed by atoms with E-state index in [-0.39, 0.29) is 5.56 Å². The number of hydrogen-bond acceptors (Lipinski definition) is 3. The number of hydrogen-bond donors (Lipinski definition) is 2. The molecule has 6 heteroatoms. The summed E-state index contributed by atoms with van der Waals surface area (Å²) >= 11 is 4.86. The summed E-state index contributed by atoms with van der Waals surface area (Å²) in [5.41, 5.74) is 1.41. The summed E-state index contributed by atoms with van der Waals surface area (Å²) in [6, 6.07) is 3.65. The Morgan fingerprint density at radius 3 is 2.75 bits per heavy atom. The van der Waals surface area contributed by atoms with E-state index in [0.717, 1.165) is 5.69 Å². The quantitative estimate of drug-likeness (QED) is 0.779. The van der Waals surface area contributed by atoms with E-state index in [1.54, 1.807) is 10.6 Å². The highest BCUT2D eigenvalue weighted by Gasteiger charge is 2.09. The second kappa shape index (κ2) is 4.05. The maximum Gasteiger partial charge on any atom is 0.261 e. The van der Waals surface area contributed by atoms with Gasteiger partial charge in [-0.05, 0) is 38.2 Å². The van der Waals surface area contributed by atoms with E-state index >= 15 is 0 Å². The van der Waals surface area contributed by atoms with E-state index in [1.165, 1.54) is 0 Å². The van der Waals surface area contributed by atoms with Crippen molar-refractivity contribution in [2.75, 3.05) is 0 Å². The maximum atomic E-state index is 12.1. The molecule has 2 aromatic heterocycles. The van der Waals surface area contributed by atoms with Gasteiger partial charge in [0.25, 0.3) is 5.56 Å². The summed E-state index contributed by atoms with van der Waals surface area (Å²) in [5.74, 6) is 0.484. The Labute approximate surface area is 97.2 Å². The van der Waals surface area contributed by atoms with Gasteiger partial charge < -0.3 is 4.57 Å². The molecular formula is C10H12N4OS. The van der Waals surface area contributed by atoms with Crippen molar-refractivity contribution in [1.82, 2.24) is 19.7 Å². The lowest BCUT2D eigenvalue weighted by Gasteiger charge is -2.07. The molecule has 0 aliphatic rings. The molecule has 0 aliphatic carbocycles. The van der Waals surface area contributed by atoms with Crippen LogP contribution >= 0.6 is 12.2 Å². The highest BCUT2D eigenvalue weighted by molar-refractivity contribution is 7.71. The van der Waals surface area contributed by atoms with Crippen LogP contribution in [0.1, 0.15) is 12.6 Å². The predicted octanol–water partition coefficient (Wildman–Crippen LogP) is 1.62. The van der Waals surface area contributed by atoms with Crippen molar-refractivity contribution in [2.45, 2.75) is 20.4 Å². The standard InChI is InChI=1S/C10H12N4OS/c1-3-14-6(2)4-5-7(9(14)15)8-11-10(16)13-12-8/h4-5H,3H2,1-2H3,(H2,11,12,13,16). The molecule has 16 heavy (non-hydrogen) atoms. The minimum Gasteiger partial charge on any atom is -0.313 e. The van der Waals surface area contributed by atoms with Crippen molar-refractivity contribution >= 4 is 12.2 Å². The van der Waals surface area contributed by atoms with Crippen molar-refractivity contribution in [3.05, 3.63) is 33.0 Å². The first-order valence-electron chi connectivity index (χ1n) is 4.99. The fraction of sp³-hybridized carbons (Fsp3) is 0.300. The summed E-state index contributed by atoms with van der Waals surface area (Å²) in [5, 5.41) is 5.46. The zero-order chi connectivity index (χ0) is 11.7. The molecular weight excluding hydrogens is 224 g/mol. The van der Waals surface area contributed by atoms with Gasteiger partial charge in [-0.3, -0.25) is 15.0 Å². The number of aryl methyl sites for hydroxylation is 1. The highest BCUT2D eigenvalue weighted by atomic mass is 32.1. The monoisotopic (exact) mass is 236 g/mol. The third-order valence-corrected chi connectivity index (χ3v) is 2.66. The van der Waals surface area contributed by atoms with Gasteiger partial charge in [0.05, 0.1) is 5.56 Å². The zero-order valence-corrected chi connectivity index (χ0v) is 9.89. The smallest absolute Gasteiger partial charge is 0.261 e. The van der Waals surface area contributed by atoms with E-state index in [9.17, 15) is 4.79 Å². The van der Waals surface area contributed by atoms with Crippen molar-refractivity contribution in [1.29, 1.82) is 0 Å². The average molecular weight is 236 g/mol. The highest BCUT2D eigenvalue weighted by Crippen LogP contribution is 2.09. The van der Waals surface area contributed by atoms with Crippen LogP contribution < -0.4 is 5.56 Å². The molecule has 2 rings (SSSR count). The minimum atomic E-state index is -0.0553. The number of aromatic amines is 2. The van der Waals surface area contributed by atoms with E-state index < -0.39 is 0 Å². The Morgan fingerprint density at radius 1 is 1.44 bits per heavy atom. The molecule has 0 spiro atoms. The Balaban J connectivity index is 2.68. The molecule has 0 saturated carbocycles. The van der Waals surface area contributed by atoms with Crippen LogP contribution in [0.3, 0.4) is 0 Å². The van der Waals surface area contributed by atoms with E-state index in [0.29, 0.717) is 22.7 Å². The van der Waals surface area contributed by atoms with E-state index in [2.05, 4.69) is 15.2 Å². The van der Waals surface area contributed by atoms with Gasteiger partial charge in [0.15, 0.2) is 5.82 Å². The van der Waals surface area contributed by atoms with Crippen LogP contribution in [0.25, 0.3) is 11.4 Å². The van der Waals surface area contributed by atoms with Gasteiger partial charge in [-0.1, -0.05) is 0 Å². The molecule has 0 atom stereocenters. The first-order valence-corrected chi connectivity index (χ1v) is 5.39. The van der Waals surface area contributed by atoms with Crippen LogP contribution in [-0.2, 0) is 6.54 Å².